The molecule has 0 aliphatic heterocycles. The van der Waals surface area contributed by atoms with Crippen LogP contribution < -0.4 is 10.6 Å². The number of nitrogens with one attached hydrogen (secondary N) is 2. The molecule has 4 aromatic rings. The van der Waals surface area contributed by atoms with Crippen molar-refractivity contribution in [3.05, 3.63) is 47.0 Å². The Balaban J connectivity index is 1.64. The van der Waals surface area contributed by atoms with Crippen LogP contribution in [0.4, 0.5) is 29.3 Å². The maximum atomic E-state index is 13.6. The molecule has 0 bridgehead atoms. The van der Waals surface area contributed by atoms with Crippen molar-refractivity contribution in [2.75, 3.05) is 17.7 Å². The van der Waals surface area contributed by atoms with E-state index in [9.17, 15) is 18.0 Å². The summed E-state index contributed by atoms with van der Waals surface area (Å²) in [5, 5.41) is 13.3. The molecule has 4 heterocycles. The van der Waals surface area contributed by atoms with Gasteiger partial charge in [0.1, 0.15) is 15.9 Å². The lowest BCUT2D eigenvalue weighted by atomic mass is 10.0. The van der Waals surface area contributed by atoms with Crippen LogP contribution in [0.2, 0.25) is 0 Å². The number of fused-ring (bicyclic) bond motifs is 1. The van der Waals surface area contributed by atoms with Gasteiger partial charge in [-0.1, -0.05) is 24.7 Å². The molecule has 10 nitrogen and oxygen atoms in total. The SMILES string of the molecule is CCCC(OC)c1c(NC(=O)Nc2cnc(-n3nccn3)c(C(F)(F)F)c2)cnc2sc(C)nc12. The molecule has 1 atom stereocenters. The summed E-state index contributed by atoms with van der Waals surface area (Å²) in [6, 6.07) is -0.00230. The number of ether oxygens (including phenoxy) is 1. The average Bonchev–Trinajstić information content (AvgIpc) is 3.46. The Bertz CT molecular complexity index is 1340. The van der Waals surface area contributed by atoms with Crippen LogP contribution in [0.1, 0.15) is 42.0 Å². The van der Waals surface area contributed by atoms with E-state index in [0.717, 1.165) is 28.5 Å². The molecule has 2 amide bonds. The van der Waals surface area contributed by atoms with E-state index in [1.54, 1.807) is 7.11 Å². The molecule has 0 saturated carbocycles. The number of carbonyl (C=O) groups is 1. The highest BCUT2D eigenvalue weighted by molar-refractivity contribution is 7.18. The second-order valence-electron chi connectivity index (χ2n) is 7.48. The quantitative estimate of drug-likeness (QED) is 0.357. The first-order valence-electron chi connectivity index (χ1n) is 10.5. The van der Waals surface area contributed by atoms with Crippen LogP contribution in [0, 0.1) is 6.92 Å². The van der Waals surface area contributed by atoms with Gasteiger partial charge in [0.25, 0.3) is 0 Å². The maximum Gasteiger partial charge on any atom is 0.420 e. The molecule has 2 N–H and O–H groups in total. The van der Waals surface area contributed by atoms with Crippen molar-refractivity contribution in [1.29, 1.82) is 0 Å². The Morgan fingerprint density at radius 2 is 1.94 bits per heavy atom. The number of nitrogens with zero attached hydrogens (tertiary/aromatic N) is 6. The van der Waals surface area contributed by atoms with Gasteiger partial charge in [-0.25, -0.2) is 19.7 Å². The molecule has 4 rings (SSSR count). The lowest BCUT2D eigenvalue weighted by molar-refractivity contribution is -0.137. The molecular weight excluding hydrogens is 485 g/mol. The largest absolute Gasteiger partial charge is 0.420 e. The minimum absolute atomic E-state index is 0.164. The Hall–Kier alpha value is -3.65. The smallest absolute Gasteiger partial charge is 0.377 e. The van der Waals surface area contributed by atoms with Crippen LogP contribution in [0.25, 0.3) is 16.2 Å². The molecule has 0 saturated heterocycles. The average molecular weight is 507 g/mol. The van der Waals surface area contributed by atoms with E-state index in [2.05, 4.69) is 35.8 Å². The number of urea groups is 1. The van der Waals surface area contributed by atoms with Gasteiger partial charge in [-0.05, 0) is 19.4 Å². The predicted octanol–water partition coefficient (Wildman–Crippen LogP) is 5.13. The number of aryl methyl sites for hydroxylation is 1. The number of hydrogen-bond acceptors (Lipinski definition) is 8. The van der Waals surface area contributed by atoms with Crippen LogP contribution in [-0.4, -0.2) is 43.1 Å². The lowest BCUT2D eigenvalue weighted by Crippen LogP contribution is -2.22. The molecular formula is C21H21F3N8O2S. The van der Waals surface area contributed by atoms with Gasteiger partial charge < -0.3 is 15.4 Å². The van der Waals surface area contributed by atoms with Crippen LogP contribution in [0.5, 0.6) is 0 Å². The van der Waals surface area contributed by atoms with Crippen molar-refractivity contribution >= 4 is 39.1 Å². The van der Waals surface area contributed by atoms with E-state index < -0.39 is 23.6 Å². The third-order valence-electron chi connectivity index (χ3n) is 5.02. The standard InChI is InChI=1S/C21H21F3N8O2S/c1-4-5-15(34-3)16-14(10-26-19-17(16)29-11(2)35-19)31-20(33)30-12-8-13(21(22,23)24)18(25-9-12)32-27-6-7-28-32/h6-10,15H,4-5H2,1-3H3,(H2,30,31,33). The Labute approximate surface area is 201 Å². The molecule has 14 heteroatoms. The number of halogens is 3. The fraction of sp³-hybridized carbons (Fsp3) is 0.333. The van der Waals surface area contributed by atoms with Crippen molar-refractivity contribution in [1.82, 2.24) is 29.9 Å². The van der Waals surface area contributed by atoms with E-state index in [4.69, 9.17) is 4.74 Å². The summed E-state index contributed by atoms with van der Waals surface area (Å²) in [5.74, 6) is -0.508. The van der Waals surface area contributed by atoms with E-state index in [1.165, 1.54) is 29.9 Å². The summed E-state index contributed by atoms with van der Waals surface area (Å²) in [4.78, 5) is 26.9. The highest BCUT2D eigenvalue weighted by atomic mass is 32.1. The molecule has 0 aliphatic carbocycles. The normalized spacial score (nSPS) is 12.6. The minimum Gasteiger partial charge on any atom is -0.377 e. The zero-order chi connectivity index (χ0) is 25.2. The third kappa shape index (κ3) is 5.22. The second-order valence-corrected chi connectivity index (χ2v) is 8.66. The summed E-state index contributed by atoms with van der Waals surface area (Å²) >= 11 is 1.41. The second kappa shape index (κ2) is 9.92. The monoisotopic (exact) mass is 506 g/mol. The zero-order valence-electron chi connectivity index (χ0n) is 18.9. The van der Waals surface area contributed by atoms with Crippen LogP contribution in [0.15, 0.2) is 30.9 Å². The van der Waals surface area contributed by atoms with Gasteiger partial charge in [0.2, 0.25) is 0 Å². The first kappa shape index (κ1) is 24.5. The van der Waals surface area contributed by atoms with E-state index in [1.807, 2.05) is 13.8 Å². The first-order valence-corrected chi connectivity index (χ1v) is 11.3. The highest BCUT2D eigenvalue weighted by Crippen LogP contribution is 2.37. The van der Waals surface area contributed by atoms with Gasteiger partial charge in [0.15, 0.2) is 5.82 Å². The van der Waals surface area contributed by atoms with Gasteiger partial charge in [0, 0.05) is 12.7 Å². The lowest BCUT2D eigenvalue weighted by Gasteiger charge is -2.19. The van der Waals surface area contributed by atoms with E-state index >= 15 is 0 Å². The van der Waals surface area contributed by atoms with Crippen LogP contribution in [-0.2, 0) is 10.9 Å². The number of aromatic nitrogens is 6. The molecule has 35 heavy (non-hydrogen) atoms. The van der Waals surface area contributed by atoms with Crippen molar-refractivity contribution in [2.24, 2.45) is 0 Å². The topological polar surface area (TPSA) is 120 Å². The summed E-state index contributed by atoms with van der Waals surface area (Å²) in [6.45, 7) is 3.86. The maximum absolute atomic E-state index is 13.6. The molecule has 1 unspecified atom stereocenters. The predicted molar refractivity (Wildman–Crippen MR) is 124 cm³/mol. The number of rotatable bonds is 7. The summed E-state index contributed by atoms with van der Waals surface area (Å²) < 4.78 is 46.6. The summed E-state index contributed by atoms with van der Waals surface area (Å²) in [7, 11) is 1.57. The summed E-state index contributed by atoms with van der Waals surface area (Å²) in [5.41, 5.74) is 0.357. The van der Waals surface area contributed by atoms with Crippen LogP contribution >= 0.6 is 11.3 Å². The third-order valence-corrected chi connectivity index (χ3v) is 5.89. The Morgan fingerprint density at radius 1 is 1.20 bits per heavy atom. The van der Waals surface area contributed by atoms with Gasteiger partial charge in [-0.15, -0.1) is 4.80 Å². The van der Waals surface area contributed by atoms with Gasteiger partial charge in [-0.2, -0.15) is 23.4 Å². The van der Waals surface area contributed by atoms with Gasteiger partial charge in [0.05, 0.1) is 47.3 Å². The van der Waals surface area contributed by atoms with Crippen molar-refractivity contribution in [3.63, 3.8) is 0 Å². The number of pyridine rings is 2. The number of methoxy groups -OCH3 is 1. The molecule has 4 aromatic heterocycles. The molecule has 184 valence electrons. The molecule has 0 spiro atoms. The van der Waals surface area contributed by atoms with Crippen LogP contribution in [0.3, 0.4) is 0 Å². The first-order chi connectivity index (χ1) is 16.7. The van der Waals surface area contributed by atoms with Gasteiger partial charge in [-0.3, -0.25) is 0 Å². The number of carbonyl (C=O) groups excluding carboxylic acids is 1. The fourth-order valence-corrected chi connectivity index (χ4v) is 4.35. The molecule has 0 aliphatic rings. The molecule has 0 fully saturated rings. The summed E-state index contributed by atoms with van der Waals surface area (Å²) in [6.07, 6.45) is 1.43. The van der Waals surface area contributed by atoms with Gasteiger partial charge >= 0.3 is 12.2 Å². The fourth-order valence-electron chi connectivity index (χ4n) is 3.57. The van der Waals surface area contributed by atoms with Crippen molar-refractivity contribution < 1.29 is 22.7 Å². The number of anilines is 2. The number of amides is 2. The number of thiazole rings is 1. The van der Waals surface area contributed by atoms with E-state index in [0.29, 0.717) is 28.0 Å². The number of alkyl halides is 3. The molecule has 0 radical (unpaired) electrons. The van der Waals surface area contributed by atoms with Crippen molar-refractivity contribution in [3.8, 4) is 5.82 Å². The molecule has 0 aromatic carbocycles. The minimum atomic E-state index is -4.75. The Kier molecular flexibility index (Phi) is 6.93. The Morgan fingerprint density at radius 3 is 2.60 bits per heavy atom. The van der Waals surface area contributed by atoms with E-state index in [-0.39, 0.29) is 11.8 Å². The zero-order valence-corrected chi connectivity index (χ0v) is 19.7. The van der Waals surface area contributed by atoms with Crippen molar-refractivity contribution in [2.45, 2.75) is 39.0 Å². The number of hydrogen-bond donors (Lipinski definition) is 2. The highest BCUT2D eigenvalue weighted by Gasteiger charge is 2.36.